The number of amides is 2. The van der Waals surface area contributed by atoms with Crippen LogP contribution < -0.4 is 5.32 Å². The second kappa shape index (κ2) is 14.2. The number of esters is 2. The van der Waals surface area contributed by atoms with Crippen LogP contribution in [0.4, 0.5) is 9.59 Å². The Morgan fingerprint density at radius 3 is 1.72 bits per heavy atom. The first-order valence-electron chi connectivity index (χ1n) is 12.6. The number of hydrogen-bond acceptors (Lipinski definition) is 8. The van der Waals surface area contributed by atoms with Gasteiger partial charge in [-0.25, -0.2) is 14.4 Å². The molecule has 0 fully saturated rings. The molecule has 0 radical (unpaired) electrons. The van der Waals surface area contributed by atoms with Crippen LogP contribution in [0.2, 0.25) is 0 Å². The van der Waals surface area contributed by atoms with Crippen molar-refractivity contribution in [1.29, 1.82) is 0 Å². The zero-order valence-corrected chi connectivity index (χ0v) is 23.4. The van der Waals surface area contributed by atoms with Crippen molar-refractivity contribution in [3.05, 3.63) is 71.8 Å². The molecule has 39 heavy (non-hydrogen) atoms. The van der Waals surface area contributed by atoms with Crippen molar-refractivity contribution in [1.82, 2.24) is 10.2 Å². The normalized spacial score (nSPS) is 12.1. The van der Waals surface area contributed by atoms with Gasteiger partial charge < -0.3 is 24.3 Å². The standard InChI is InChI=1S/C29H38N2O8/c1-28(2,3)38-24(32)18-31(27(35)39-29(4,5)6)17-23(25(33)36-19-21-13-9-7-10-14-21)30-26(34)37-20-22-15-11-8-12-16-22/h7-16,23H,17-20H2,1-6H3,(H,30,34)/t23-/m0/s1. The molecule has 2 aromatic carbocycles. The molecule has 0 aliphatic rings. The van der Waals surface area contributed by atoms with Crippen LogP contribution in [-0.4, -0.2) is 59.4 Å². The second-order valence-corrected chi connectivity index (χ2v) is 10.8. The molecule has 0 aliphatic heterocycles. The molecule has 2 aromatic rings. The summed E-state index contributed by atoms with van der Waals surface area (Å²) in [6, 6.07) is 16.6. The third kappa shape index (κ3) is 12.8. The van der Waals surface area contributed by atoms with Crippen molar-refractivity contribution >= 4 is 24.1 Å². The average Bonchev–Trinajstić information content (AvgIpc) is 2.84. The lowest BCUT2D eigenvalue weighted by Crippen LogP contribution is -2.53. The molecule has 2 amide bonds. The smallest absolute Gasteiger partial charge is 0.410 e. The van der Waals surface area contributed by atoms with E-state index in [2.05, 4.69) is 5.32 Å². The molecule has 0 aliphatic carbocycles. The van der Waals surface area contributed by atoms with Gasteiger partial charge in [0.2, 0.25) is 0 Å². The highest BCUT2D eigenvalue weighted by molar-refractivity contribution is 5.83. The van der Waals surface area contributed by atoms with Crippen LogP contribution in [0.15, 0.2) is 60.7 Å². The zero-order valence-electron chi connectivity index (χ0n) is 23.4. The van der Waals surface area contributed by atoms with Gasteiger partial charge >= 0.3 is 24.1 Å². The molecule has 0 heterocycles. The fraction of sp³-hybridized carbons (Fsp3) is 0.448. The molecule has 1 N–H and O–H groups in total. The van der Waals surface area contributed by atoms with E-state index in [4.69, 9.17) is 18.9 Å². The Morgan fingerprint density at radius 2 is 1.23 bits per heavy atom. The maximum absolute atomic E-state index is 13.1. The van der Waals surface area contributed by atoms with E-state index >= 15 is 0 Å². The first-order chi connectivity index (χ1) is 18.2. The molecular weight excluding hydrogens is 504 g/mol. The maximum atomic E-state index is 13.1. The second-order valence-electron chi connectivity index (χ2n) is 10.8. The Morgan fingerprint density at radius 1 is 0.744 bits per heavy atom. The van der Waals surface area contributed by atoms with Gasteiger partial charge in [0.25, 0.3) is 0 Å². The number of alkyl carbamates (subject to hydrolysis) is 1. The number of nitrogens with one attached hydrogen (secondary N) is 1. The zero-order chi connectivity index (χ0) is 29.1. The van der Waals surface area contributed by atoms with Crippen LogP contribution in [0.5, 0.6) is 0 Å². The minimum Gasteiger partial charge on any atom is -0.459 e. The molecule has 0 unspecified atom stereocenters. The topological polar surface area (TPSA) is 120 Å². The fourth-order valence-corrected chi connectivity index (χ4v) is 3.20. The number of rotatable bonds is 10. The molecule has 10 nitrogen and oxygen atoms in total. The number of benzene rings is 2. The Balaban J connectivity index is 2.21. The first kappa shape index (κ1) is 31.1. The molecular formula is C29H38N2O8. The summed E-state index contributed by atoms with van der Waals surface area (Å²) in [6.45, 7) is 9.04. The fourth-order valence-electron chi connectivity index (χ4n) is 3.20. The van der Waals surface area contributed by atoms with E-state index in [1.165, 1.54) is 0 Å². The summed E-state index contributed by atoms with van der Waals surface area (Å²) in [5, 5.41) is 2.46. The van der Waals surface area contributed by atoms with Crippen LogP contribution in [0.25, 0.3) is 0 Å². The van der Waals surface area contributed by atoms with Crippen molar-refractivity contribution in [3.8, 4) is 0 Å². The first-order valence-corrected chi connectivity index (χ1v) is 12.6. The van der Waals surface area contributed by atoms with Gasteiger partial charge in [-0.1, -0.05) is 60.7 Å². The van der Waals surface area contributed by atoms with Crippen molar-refractivity contribution in [3.63, 3.8) is 0 Å². The molecule has 0 spiro atoms. The Labute approximate surface area is 229 Å². The highest BCUT2D eigenvalue weighted by Crippen LogP contribution is 2.13. The SMILES string of the molecule is CC(C)(C)OC(=O)CN(C[C@H](NC(=O)OCc1ccccc1)C(=O)OCc1ccccc1)C(=O)OC(C)(C)C. The van der Waals surface area contributed by atoms with E-state index in [9.17, 15) is 19.2 Å². The predicted molar refractivity (Wildman–Crippen MR) is 143 cm³/mol. The summed E-state index contributed by atoms with van der Waals surface area (Å²) in [6.07, 6.45) is -1.77. The van der Waals surface area contributed by atoms with E-state index in [-0.39, 0.29) is 13.2 Å². The Kier molecular flexibility index (Phi) is 11.3. The van der Waals surface area contributed by atoms with Crippen molar-refractivity contribution in [2.75, 3.05) is 13.1 Å². The van der Waals surface area contributed by atoms with Gasteiger partial charge in [-0.3, -0.25) is 9.69 Å². The summed E-state index contributed by atoms with van der Waals surface area (Å²) in [4.78, 5) is 52.3. The number of hydrogen-bond donors (Lipinski definition) is 1. The van der Waals surface area contributed by atoms with Crippen LogP contribution in [0.1, 0.15) is 52.7 Å². The summed E-state index contributed by atoms with van der Waals surface area (Å²) in [7, 11) is 0. The van der Waals surface area contributed by atoms with Gasteiger partial charge in [0, 0.05) is 0 Å². The molecule has 0 saturated carbocycles. The minimum absolute atomic E-state index is 0.0356. The van der Waals surface area contributed by atoms with Crippen LogP contribution in [0.3, 0.4) is 0 Å². The minimum atomic E-state index is -1.37. The maximum Gasteiger partial charge on any atom is 0.410 e. The Bertz CT molecular complexity index is 1090. The van der Waals surface area contributed by atoms with Crippen molar-refractivity contribution < 1.29 is 38.1 Å². The lowest BCUT2D eigenvalue weighted by atomic mass is 10.2. The third-order valence-electron chi connectivity index (χ3n) is 4.81. The van der Waals surface area contributed by atoms with E-state index in [1.54, 1.807) is 90.1 Å². The van der Waals surface area contributed by atoms with Gasteiger partial charge in [-0.05, 0) is 52.7 Å². The van der Waals surface area contributed by atoms with Gasteiger partial charge in [0.1, 0.15) is 37.0 Å². The number of ether oxygens (including phenoxy) is 4. The summed E-state index contributed by atoms with van der Waals surface area (Å²) in [5.41, 5.74) is -0.205. The lowest BCUT2D eigenvalue weighted by molar-refractivity contribution is -0.157. The van der Waals surface area contributed by atoms with Gasteiger partial charge in [0.05, 0.1) is 6.54 Å². The number of carbonyl (C=O) groups excluding carboxylic acids is 4. The van der Waals surface area contributed by atoms with Crippen LogP contribution in [-0.2, 0) is 41.8 Å². The summed E-state index contributed by atoms with van der Waals surface area (Å²) >= 11 is 0. The van der Waals surface area contributed by atoms with Gasteiger partial charge in [-0.2, -0.15) is 0 Å². The third-order valence-corrected chi connectivity index (χ3v) is 4.81. The van der Waals surface area contributed by atoms with E-state index in [0.29, 0.717) is 0 Å². The van der Waals surface area contributed by atoms with E-state index < -0.39 is 54.5 Å². The molecule has 10 heteroatoms. The number of nitrogens with zero attached hydrogens (tertiary/aromatic N) is 1. The highest BCUT2D eigenvalue weighted by Gasteiger charge is 2.32. The van der Waals surface area contributed by atoms with E-state index in [0.717, 1.165) is 16.0 Å². The van der Waals surface area contributed by atoms with E-state index in [1.807, 2.05) is 12.1 Å². The summed E-state index contributed by atoms with van der Waals surface area (Å²) in [5.74, 6) is -1.54. The van der Waals surface area contributed by atoms with Crippen LogP contribution in [0, 0.1) is 0 Å². The van der Waals surface area contributed by atoms with Crippen molar-refractivity contribution in [2.24, 2.45) is 0 Å². The largest absolute Gasteiger partial charge is 0.459 e. The Hall–Kier alpha value is -4.08. The molecule has 0 bridgehead atoms. The molecule has 2 rings (SSSR count). The van der Waals surface area contributed by atoms with Gasteiger partial charge in [-0.15, -0.1) is 0 Å². The lowest BCUT2D eigenvalue weighted by Gasteiger charge is -2.30. The number of carbonyl (C=O) groups is 4. The average molecular weight is 543 g/mol. The van der Waals surface area contributed by atoms with Crippen LogP contribution >= 0.6 is 0 Å². The molecule has 1 atom stereocenters. The molecule has 0 saturated heterocycles. The monoisotopic (exact) mass is 542 g/mol. The predicted octanol–water partition coefficient (Wildman–Crippen LogP) is 4.60. The van der Waals surface area contributed by atoms with Gasteiger partial charge in [0.15, 0.2) is 0 Å². The molecule has 212 valence electrons. The highest BCUT2D eigenvalue weighted by atomic mass is 16.6. The van der Waals surface area contributed by atoms with Crippen molar-refractivity contribution in [2.45, 2.75) is 72.0 Å². The molecule has 0 aromatic heterocycles. The summed E-state index contributed by atoms with van der Waals surface area (Å²) < 4.78 is 21.5. The quantitative estimate of drug-likeness (QED) is 0.342.